The second kappa shape index (κ2) is 3.74. The van der Waals surface area contributed by atoms with Crippen LogP contribution in [0.15, 0.2) is 18.2 Å². The zero-order valence-corrected chi connectivity index (χ0v) is 9.16. The number of benzene rings is 1. The molecule has 1 aliphatic heterocycles. The SMILES string of the molecule is CC1CN(c2ccc(Cl)cc2C(=O)O)C1. The van der Waals surface area contributed by atoms with E-state index in [9.17, 15) is 4.79 Å². The van der Waals surface area contributed by atoms with Crippen molar-refractivity contribution in [2.24, 2.45) is 5.92 Å². The van der Waals surface area contributed by atoms with Gasteiger partial charge in [-0.25, -0.2) is 4.79 Å². The molecule has 0 aromatic heterocycles. The number of rotatable bonds is 2. The molecule has 2 rings (SSSR count). The van der Waals surface area contributed by atoms with E-state index in [2.05, 4.69) is 11.8 Å². The summed E-state index contributed by atoms with van der Waals surface area (Å²) in [5.74, 6) is -0.283. The summed E-state index contributed by atoms with van der Waals surface area (Å²) < 4.78 is 0. The van der Waals surface area contributed by atoms with Crippen LogP contribution in [0.4, 0.5) is 5.69 Å². The zero-order chi connectivity index (χ0) is 11.0. The first kappa shape index (κ1) is 10.3. The fourth-order valence-electron chi connectivity index (χ4n) is 1.85. The lowest BCUT2D eigenvalue weighted by atomic mass is 10.00. The summed E-state index contributed by atoms with van der Waals surface area (Å²) in [5, 5.41) is 9.50. The summed E-state index contributed by atoms with van der Waals surface area (Å²) in [6, 6.07) is 5.01. The van der Waals surface area contributed by atoms with Crippen molar-refractivity contribution in [1.29, 1.82) is 0 Å². The van der Waals surface area contributed by atoms with Gasteiger partial charge < -0.3 is 10.0 Å². The third-order valence-electron chi connectivity index (χ3n) is 2.59. The van der Waals surface area contributed by atoms with Gasteiger partial charge in [0.05, 0.1) is 11.3 Å². The Morgan fingerprint density at radius 2 is 2.20 bits per heavy atom. The third kappa shape index (κ3) is 1.92. The molecule has 1 saturated heterocycles. The molecule has 3 nitrogen and oxygen atoms in total. The number of nitrogens with zero attached hydrogens (tertiary/aromatic N) is 1. The van der Waals surface area contributed by atoms with Gasteiger partial charge in [0, 0.05) is 18.1 Å². The highest BCUT2D eigenvalue weighted by atomic mass is 35.5. The van der Waals surface area contributed by atoms with Gasteiger partial charge in [-0.05, 0) is 24.1 Å². The lowest BCUT2D eigenvalue weighted by Crippen LogP contribution is -2.45. The maximum absolute atomic E-state index is 11.0. The van der Waals surface area contributed by atoms with Crippen LogP contribution in [0.2, 0.25) is 5.02 Å². The summed E-state index contributed by atoms with van der Waals surface area (Å²) in [4.78, 5) is 13.1. The Balaban J connectivity index is 2.34. The molecule has 0 bridgehead atoms. The average molecular weight is 226 g/mol. The summed E-state index contributed by atoms with van der Waals surface area (Å²) in [7, 11) is 0. The Kier molecular flexibility index (Phi) is 2.57. The molecule has 0 radical (unpaired) electrons. The molecule has 0 atom stereocenters. The number of carboxylic acids is 1. The van der Waals surface area contributed by atoms with Crippen LogP contribution < -0.4 is 4.90 Å². The van der Waals surface area contributed by atoms with Crippen LogP contribution in [-0.2, 0) is 0 Å². The van der Waals surface area contributed by atoms with E-state index < -0.39 is 5.97 Å². The lowest BCUT2D eigenvalue weighted by molar-refractivity contribution is 0.0697. The van der Waals surface area contributed by atoms with Gasteiger partial charge in [0.1, 0.15) is 0 Å². The second-order valence-electron chi connectivity index (χ2n) is 3.98. The molecule has 0 saturated carbocycles. The highest BCUT2D eigenvalue weighted by Crippen LogP contribution is 2.29. The van der Waals surface area contributed by atoms with E-state index in [0.29, 0.717) is 10.9 Å². The number of aromatic carboxylic acids is 1. The van der Waals surface area contributed by atoms with Crippen LogP contribution in [0, 0.1) is 5.92 Å². The molecule has 1 heterocycles. The molecule has 15 heavy (non-hydrogen) atoms. The summed E-state index contributed by atoms with van der Waals surface area (Å²) in [6.45, 7) is 3.98. The van der Waals surface area contributed by atoms with Crippen LogP contribution in [0.5, 0.6) is 0 Å². The number of carboxylic acid groups (broad SMARTS) is 1. The molecule has 1 fully saturated rings. The van der Waals surface area contributed by atoms with Crippen molar-refractivity contribution >= 4 is 23.3 Å². The Labute approximate surface area is 93.3 Å². The zero-order valence-electron chi connectivity index (χ0n) is 8.40. The minimum atomic E-state index is -0.924. The van der Waals surface area contributed by atoms with Gasteiger partial charge in [-0.15, -0.1) is 0 Å². The van der Waals surface area contributed by atoms with Crippen molar-refractivity contribution in [3.63, 3.8) is 0 Å². The lowest BCUT2D eigenvalue weighted by Gasteiger charge is -2.39. The van der Waals surface area contributed by atoms with Crippen molar-refractivity contribution in [2.45, 2.75) is 6.92 Å². The summed E-state index contributed by atoms with van der Waals surface area (Å²) in [6.07, 6.45) is 0. The molecule has 1 aromatic rings. The van der Waals surface area contributed by atoms with E-state index in [0.717, 1.165) is 18.8 Å². The van der Waals surface area contributed by atoms with E-state index in [1.807, 2.05) is 0 Å². The van der Waals surface area contributed by atoms with Crippen molar-refractivity contribution in [3.8, 4) is 0 Å². The van der Waals surface area contributed by atoms with Crippen molar-refractivity contribution in [1.82, 2.24) is 0 Å². The predicted molar refractivity (Wildman–Crippen MR) is 59.8 cm³/mol. The smallest absolute Gasteiger partial charge is 0.337 e. The maximum Gasteiger partial charge on any atom is 0.337 e. The molecule has 0 amide bonds. The van der Waals surface area contributed by atoms with Gasteiger partial charge >= 0.3 is 5.97 Å². The van der Waals surface area contributed by atoms with Crippen LogP contribution in [0.25, 0.3) is 0 Å². The van der Waals surface area contributed by atoms with Crippen LogP contribution in [0.3, 0.4) is 0 Å². The second-order valence-corrected chi connectivity index (χ2v) is 4.41. The van der Waals surface area contributed by atoms with Crippen LogP contribution in [-0.4, -0.2) is 24.2 Å². The van der Waals surface area contributed by atoms with Gasteiger partial charge in [-0.2, -0.15) is 0 Å². The van der Waals surface area contributed by atoms with Gasteiger partial charge in [0.2, 0.25) is 0 Å². The molecule has 0 unspecified atom stereocenters. The Bertz CT molecular complexity index is 400. The molecule has 0 spiro atoms. The fraction of sp³-hybridized carbons (Fsp3) is 0.364. The highest BCUT2D eigenvalue weighted by Gasteiger charge is 2.26. The fourth-order valence-corrected chi connectivity index (χ4v) is 2.02. The molecule has 1 N–H and O–H groups in total. The van der Waals surface area contributed by atoms with Crippen LogP contribution in [0.1, 0.15) is 17.3 Å². The highest BCUT2D eigenvalue weighted by molar-refractivity contribution is 6.31. The van der Waals surface area contributed by atoms with E-state index >= 15 is 0 Å². The minimum Gasteiger partial charge on any atom is -0.478 e. The predicted octanol–water partition coefficient (Wildman–Crippen LogP) is 2.49. The quantitative estimate of drug-likeness (QED) is 0.841. The molecular formula is C11H12ClNO2. The Hall–Kier alpha value is -1.22. The van der Waals surface area contributed by atoms with Crippen molar-refractivity contribution < 1.29 is 9.90 Å². The third-order valence-corrected chi connectivity index (χ3v) is 2.83. The van der Waals surface area contributed by atoms with Gasteiger partial charge in [-0.3, -0.25) is 0 Å². The molecule has 1 aromatic carbocycles. The first-order valence-electron chi connectivity index (χ1n) is 4.85. The van der Waals surface area contributed by atoms with E-state index in [4.69, 9.17) is 16.7 Å². The molecule has 4 heteroatoms. The molecule has 80 valence electrons. The van der Waals surface area contributed by atoms with E-state index in [1.54, 1.807) is 12.1 Å². The normalized spacial score (nSPS) is 16.3. The van der Waals surface area contributed by atoms with Crippen LogP contribution >= 0.6 is 11.6 Å². The largest absolute Gasteiger partial charge is 0.478 e. The maximum atomic E-state index is 11.0. The number of halogens is 1. The minimum absolute atomic E-state index is 0.286. The van der Waals surface area contributed by atoms with Gasteiger partial charge in [0.25, 0.3) is 0 Å². The van der Waals surface area contributed by atoms with Gasteiger partial charge in [-0.1, -0.05) is 18.5 Å². The van der Waals surface area contributed by atoms with Crippen molar-refractivity contribution in [2.75, 3.05) is 18.0 Å². The molecule has 0 aliphatic carbocycles. The summed E-state index contributed by atoms with van der Waals surface area (Å²) in [5.41, 5.74) is 1.06. The molecule has 1 aliphatic rings. The first-order valence-corrected chi connectivity index (χ1v) is 5.23. The monoisotopic (exact) mass is 225 g/mol. The number of carbonyl (C=O) groups is 1. The Morgan fingerprint density at radius 3 is 2.73 bits per heavy atom. The van der Waals surface area contributed by atoms with E-state index in [-0.39, 0.29) is 5.56 Å². The number of anilines is 1. The van der Waals surface area contributed by atoms with E-state index in [1.165, 1.54) is 6.07 Å². The number of hydrogen-bond donors (Lipinski definition) is 1. The molecular weight excluding hydrogens is 214 g/mol. The Morgan fingerprint density at radius 1 is 1.53 bits per heavy atom. The standard InChI is InChI=1S/C11H12ClNO2/c1-7-5-13(6-7)10-3-2-8(12)4-9(10)11(14)15/h2-4,7H,5-6H2,1H3,(H,14,15). The number of hydrogen-bond acceptors (Lipinski definition) is 2. The first-order chi connectivity index (χ1) is 7.08. The summed E-state index contributed by atoms with van der Waals surface area (Å²) >= 11 is 5.77. The average Bonchev–Trinajstić information content (AvgIpc) is 2.13. The van der Waals surface area contributed by atoms with Crippen molar-refractivity contribution in [3.05, 3.63) is 28.8 Å². The topological polar surface area (TPSA) is 40.5 Å². The van der Waals surface area contributed by atoms with Gasteiger partial charge in [0.15, 0.2) is 0 Å².